The highest BCUT2D eigenvalue weighted by molar-refractivity contribution is 9.10. The number of amides is 3. The molecule has 4 aliphatic rings. The van der Waals surface area contributed by atoms with Crippen molar-refractivity contribution in [3.8, 4) is 0 Å². The number of rotatable bonds is 4. The van der Waals surface area contributed by atoms with Crippen molar-refractivity contribution in [1.29, 1.82) is 0 Å². The van der Waals surface area contributed by atoms with Gasteiger partial charge in [-0.3, -0.25) is 14.4 Å². The zero-order valence-electron chi connectivity index (χ0n) is 21.1. The van der Waals surface area contributed by atoms with Crippen LogP contribution in [0.3, 0.4) is 0 Å². The Balaban J connectivity index is 1.41. The van der Waals surface area contributed by atoms with Gasteiger partial charge in [-0.05, 0) is 58.7 Å². The first-order chi connectivity index (χ1) is 19.4. The van der Waals surface area contributed by atoms with Crippen molar-refractivity contribution in [3.05, 3.63) is 129 Å². The number of hydrazone groups is 1. The lowest BCUT2D eigenvalue weighted by Gasteiger charge is -2.52. The van der Waals surface area contributed by atoms with Gasteiger partial charge < -0.3 is 5.73 Å². The van der Waals surface area contributed by atoms with E-state index in [2.05, 4.69) is 26.5 Å². The van der Waals surface area contributed by atoms with Crippen molar-refractivity contribution in [2.75, 3.05) is 10.6 Å². The molecule has 3 amide bonds. The van der Waals surface area contributed by atoms with E-state index in [1.54, 1.807) is 42.6 Å². The Hall–Kier alpha value is -4.56. The van der Waals surface area contributed by atoms with E-state index in [1.807, 2.05) is 60.7 Å². The van der Waals surface area contributed by atoms with Crippen molar-refractivity contribution in [2.24, 2.45) is 16.9 Å². The zero-order valence-corrected chi connectivity index (χ0v) is 22.7. The van der Waals surface area contributed by atoms with Crippen LogP contribution in [0, 0.1) is 11.8 Å². The van der Waals surface area contributed by atoms with E-state index in [0.717, 1.165) is 26.7 Å². The van der Waals surface area contributed by atoms with Crippen LogP contribution >= 0.6 is 15.9 Å². The molecule has 3 N–H and O–H groups in total. The first kappa shape index (κ1) is 24.5. The smallest absolute Gasteiger partial charge is 0.273 e. The highest BCUT2D eigenvalue weighted by Gasteiger charge is 2.68. The lowest BCUT2D eigenvalue weighted by molar-refractivity contribution is -0.122. The van der Waals surface area contributed by atoms with Gasteiger partial charge in [0.1, 0.15) is 0 Å². The minimum atomic E-state index is -1.07. The second kappa shape index (κ2) is 8.99. The van der Waals surface area contributed by atoms with Crippen molar-refractivity contribution >= 4 is 51.2 Å². The van der Waals surface area contributed by atoms with Gasteiger partial charge in [0.05, 0.1) is 28.5 Å². The SMILES string of the molecule is Nc1ccccc1C(=O)N/N=C/C12c3ccccc3C(c3ccccc31)C1C(=O)N(c3ccc(Br)cc3)C(=O)C12. The Bertz CT molecular complexity index is 1700. The van der Waals surface area contributed by atoms with Gasteiger partial charge >= 0.3 is 0 Å². The summed E-state index contributed by atoms with van der Waals surface area (Å²) in [6.45, 7) is 0. The van der Waals surface area contributed by atoms with Gasteiger partial charge in [-0.15, -0.1) is 0 Å². The molecule has 3 aliphatic carbocycles. The van der Waals surface area contributed by atoms with Gasteiger partial charge in [0.25, 0.3) is 5.91 Å². The third kappa shape index (κ3) is 3.29. The van der Waals surface area contributed by atoms with E-state index in [0.29, 0.717) is 16.9 Å². The monoisotopic (exact) mass is 590 g/mol. The predicted molar refractivity (Wildman–Crippen MR) is 156 cm³/mol. The number of nitrogens with two attached hydrogens (primary N) is 1. The summed E-state index contributed by atoms with van der Waals surface area (Å²) in [5.41, 5.74) is 12.5. The molecule has 7 nitrogen and oxygen atoms in total. The molecule has 1 aliphatic heterocycles. The molecule has 4 aromatic carbocycles. The van der Waals surface area contributed by atoms with Crippen LogP contribution in [0.15, 0.2) is 107 Å². The minimum Gasteiger partial charge on any atom is -0.398 e. The number of hydrogen-bond acceptors (Lipinski definition) is 5. The minimum absolute atomic E-state index is 0.231. The second-order valence-electron chi connectivity index (χ2n) is 10.3. The van der Waals surface area contributed by atoms with Crippen LogP contribution in [0.25, 0.3) is 0 Å². The lowest BCUT2D eigenvalue weighted by atomic mass is 9.47. The number of carbonyl (C=O) groups excluding carboxylic acids is 3. The van der Waals surface area contributed by atoms with Gasteiger partial charge in [-0.2, -0.15) is 5.10 Å². The summed E-state index contributed by atoms with van der Waals surface area (Å²) in [4.78, 5) is 42.8. The first-order valence-electron chi connectivity index (χ1n) is 12.9. The maximum Gasteiger partial charge on any atom is 0.273 e. The third-order valence-electron chi connectivity index (χ3n) is 8.41. The fraction of sp³-hybridized carbons (Fsp3) is 0.125. The Morgan fingerprint density at radius 3 is 2.10 bits per heavy atom. The molecule has 0 radical (unpaired) electrons. The summed E-state index contributed by atoms with van der Waals surface area (Å²) in [6, 6.07) is 29.8. The summed E-state index contributed by atoms with van der Waals surface area (Å²) in [7, 11) is 0. The lowest BCUT2D eigenvalue weighted by Crippen LogP contribution is -2.54. The quantitative estimate of drug-likeness (QED) is 0.151. The number of nitrogen functional groups attached to an aromatic ring is 1. The van der Waals surface area contributed by atoms with Crippen molar-refractivity contribution in [3.63, 3.8) is 0 Å². The van der Waals surface area contributed by atoms with Crippen LogP contribution in [-0.2, 0) is 15.0 Å². The van der Waals surface area contributed by atoms with Crippen LogP contribution in [0.4, 0.5) is 11.4 Å². The molecule has 8 heteroatoms. The molecule has 0 saturated carbocycles. The number of carbonyl (C=O) groups is 3. The number of para-hydroxylation sites is 1. The van der Waals surface area contributed by atoms with Gasteiger partial charge in [-0.1, -0.05) is 76.6 Å². The third-order valence-corrected chi connectivity index (χ3v) is 8.94. The van der Waals surface area contributed by atoms with Crippen LogP contribution in [0.2, 0.25) is 0 Å². The standard InChI is InChI=1S/C32H23BrN4O3/c33-18-13-15-19(16-14-18)37-30(39)27-26-20-7-1-4-10-23(20)32(28(27)31(37)40,24-11-5-2-8-21(24)26)17-35-36-29(38)22-9-3-6-12-25(22)34/h1-17,26-28H,34H2,(H,36,38)/b35-17+. The van der Waals surface area contributed by atoms with Crippen LogP contribution in [-0.4, -0.2) is 23.9 Å². The predicted octanol–water partition coefficient (Wildman–Crippen LogP) is 5.00. The number of halogens is 1. The van der Waals surface area contributed by atoms with Crippen LogP contribution in [0.1, 0.15) is 38.5 Å². The molecular weight excluding hydrogens is 568 g/mol. The molecule has 0 aromatic heterocycles. The molecule has 1 saturated heterocycles. The molecule has 0 spiro atoms. The van der Waals surface area contributed by atoms with Crippen molar-refractivity contribution < 1.29 is 14.4 Å². The Morgan fingerprint density at radius 1 is 0.850 bits per heavy atom. The summed E-state index contributed by atoms with van der Waals surface area (Å²) >= 11 is 3.44. The number of nitrogens with zero attached hydrogens (tertiary/aromatic N) is 2. The van der Waals surface area contributed by atoms with E-state index in [-0.39, 0.29) is 17.7 Å². The zero-order chi connectivity index (χ0) is 27.6. The molecule has 1 heterocycles. The van der Waals surface area contributed by atoms with Crippen molar-refractivity contribution in [1.82, 2.24) is 5.43 Å². The molecule has 2 unspecified atom stereocenters. The molecule has 1 fully saturated rings. The van der Waals surface area contributed by atoms with E-state index < -0.39 is 23.2 Å². The number of hydrogen-bond donors (Lipinski definition) is 2. The fourth-order valence-electron chi connectivity index (χ4n) is 6.85. The molecule has 40 heavy (non-hydrogen) atoms. The molecule has 196 valence electrons. The average molecular weight is 591 g/mol. The maximum atomic E-state index is 14.3. The summed E-state index contributed by atoms with van der Waals surface area (Å²) in [6.07, 6.45) is 1.64. The summed E-state index contributed by atoms with van der Waals surface area (Å²) in [5.74, 6) is -2.60. The Labute approximate surface area is 238 Å². The van der Waals surface area contributed by atoms with Crippen LogP contribution in [0.5, 0.6) is 0 Å². The highest BCUT2D eigenvalue weighted by atomic mass is 79.9. The van der Waals surface area contributed by atoms with Crippen molar-refractivity contribution in [2.45, 2.75) is 11.3 Å². The largest absolute Gasteiger partial charge is 0.398 e. The van der Waals surface area contributed by atoms with E-state index in [1.165, 1.54) is 4.90 Å². The number of nitrogens with one attached hydrogen (secondary N) is 1. The number of anilines is 2. The first-order valence-corrected chi connectivity index (χ1v) is 13.7. The second-order valence-corrected chi connectivity index (χ2v) is 11.2. The molecule has 4 aromatic rings. The van der Waals surface area contributed by atoms with Gasteiger partial charge in [-0.25, -0.2) is 10.3 Å². The topological polar surface area (TPSA) is 105 Å². The maximum absolute atomic E-state index is 14.3. The van der Waals surface area contributed by atoms with Gasteiger partial charge in [0.15, 0.2) is 0 Å². The van der Waals surface area contributed by atoms with Gasteiger partial charge in [0.2, 0.25) is 11.8 Å². The molecular formula is C32H23BrN4O3. The molecule has 2 bridgehead atoms. The Kier molecular flexibility index (Phi) is 5.50. The summed E-state index contributed by atoms with van der Waals surface area (Å²) in [5, 5.41) is 4.44. The van der Waals surface area contributed by atoms with Gasteiger partial charge in [0, 0.05) is 22.3 Å². The normalized spacial score (nSPS) is 24.1. The highest BCUT2D eigenvalue weighted by Crippen LogP contribution is 2.63. The van der Waals surface area contributed by atoms with E-state index in [9.17, 15) is 14.4 Å². The number of benzene rings is 4. The fourth-order valence-corrected chi connectivity index (χ4v) is 7.12. The molecule has 2 atom stereocenters. The molecule has 8 rings (SSSR count). The van der Waals surface area contributed by atoms with E-state index in [4.69, 9.17) is 5.73 Å². The number of imide groups is 1. The van der Waals surface area contributed by atoms with Crippen LogP contribution < -0.4 is 16.1 Å². The van der Waals surface area contributed by atoms with E-state index >= 15 is 0 Å². The average Bonchev–Trinajstić information content (AvgIpc) is 3.24. The summed E-state index contributed by atoms with van der Waals surface area (Å²) < 4.78 is 0.853. The Morgan fingerprint density at radius 2 is 1.45 bits per heavy atom.